The standard InChI is InChI=1S/C50H31NO2/c1-2-11-32(12-3-1)39-16-6-7-17-40(39)35-14-10-15-36(29-35)51(37-24-27-46-43(30-37)42-19-8-9-20-45(42)52-46)38-25-28-47-44(31-38)50-48(53-47)26-23-34-22-21-33-13-4-5-18-41(33)49(34)50/h1-31H. The molecule has 0 fully saturated rings. The second-order valence-electron chi connectivity index (χ2n) is 13.7. The van der Waals surface area contributed by atoms with Crippen LogP contribution in [0.15, 0.2) is 197 Å². The minimum atomic E-state index is 0.867. The van der Waals surface area contributed by atoms with Crippen molar-refractivity contribution in [3.63, 3.8) is 0 Å². The molecule has 0 aliphatic carbocycles. The molecule has 0 unspecified atom stereocenters. The first-order valence-corrected chi connectivity index (χ1v) is 18.0. The molecule has 0 radical (unpaired) electrons. The highest BCUT2D eigenvalue weighted by Crippen LogP contribution is 2.44. The molecule has 11 rings (SSSR count). The summed E-state index contributed by atoms with van der Waals surface area (Å²) in [5.41, 5.74) is 11.4. The Hall–Kier alpha value is -7.10. The van der Waals surface area contributed by atoms with E-state index in [0.29, 0.717) is 0 Å². The lowest BCUT2D eigenvalue weighted by molar-refractivity contribution is 0.669. The van der Waals surface area contributed by atoms with Crippen molar-refractivity contribution in [1.82, 2.24) is 0 Å². The van der Waals surface area contributed by atoms with Gasteiger partial charge in [0.2, 0.25) is 0 Å². The summed E-state index contributed by atoms with van der Waals surface area (Å²) in [7, 11) is 0. The predicted octanol–water partition coefficient (Wildman–Crippen LogP) is 14.6. The van der Waals surface area contributed by atoms with E-state index in [9.17, 15) is 0 Å². The topological polar surface area (TPSA) is 29.5 Å². The lowest BCUT2D eigenvalue weighted by atomic mass is 9.94. The molecule has 0 aliphatic rings. The highest BCUT2D eigenvalue weighted by atomic mass is 16.3. The molecule has 2 heterocycles. The molecule has 9 aromatic carbocycles. The lowest BCUT2D eigenvalue weighted by Crippen LogP contribution is -2.10. The molecule has 53 heavy (non-hydrogen) atoms. The number of benzene rings is 9. The quantitative estimate of drug-likeness (QED) is 0.170. The Morgan fingerprint density at radius 1 is 0.302 bits per heavy atom. The number of nitrogens with zero attached hydrogens (tertiary/aromatic N) is 1. The van der Waals surface area contributed by atoms with Gasteiger partial charge in [0.1, 0.15) is 22.3 Å². The van der Waals surface area contributed by atoms with Gasteiger partial charge in [0, 0.05) is 44.0 Å². The number of anilines is 3. The molecule has 0 saturated heterocycles. The van der Waals surface area contributed by atoms with Crippen LogP contribution in [0.25, 0.3) is 87.7 Å². The van der Waals surface area contributed by atoms with Crippen LogP contribution in [0, 0.1) is 0 Å². The van der Waals surface area contributed by atoms with Crippen LogP contribution in [0.1, 0.15) is 0 Å². The Morgan fingerprint density at radius 3 is 1.72 bits per heavy atom. The smallest absolute Gasteiger partial charge is 0.136 e. The summed E-state index contributed by atoms with van der Waals surface area (Å²) in [5, 5.41) is 9.26. The number of furan rings is 2. The van der Waals surface area contributed by atoms with Gasteiger partial charge in [0.25, 0.3) is 0 Å². The van der Waals surface area contributed by atoms with Crippen molar-refractivity contribution >= 4 is 82.5 Å². The second kappa shape index (κ2) is 11.7. The molecule has 248 valence electrons. The van der Waals surface area contributed by atoms with E-state index in [0.717, 1.165) is 66.5 Å². The maximum atomic E-state index is 6.55. The van der Waals surface area contributed by atoms with Crippen LogP contribution in [0.3, 0.4) is 0 Å². The van der Waals surface area contributed by atoms with E-state index >= 15 is 0 Å². The molecule has 0 spiro atoms. The Labute approximate surface area is 305 Å². The zero-order chi connectivity index (χ0) is 34.9. The number of hydrogen-bond donors (Lipinski definition) is 0. The Morgan fingerprint density at radius 2 is 0.868 bits per heavy atom. The van der Waals surface area contributed by atoms with Crippen molar-refractivity contribution < 1.29 is 8.83 Å². The minimum Gasteiger partial charge on any atom is -0.456 e. The SMILES string of the molecule is c1ccc(-c2ccccc2-c2cccc(N(c3ccc4oc5ccccc5c4c3)c3ccc4oc5ccc6ccc7ccccc7c6c5c4c3)c2)cc1. The number of fused-ring (bicyclic) bond motifs is 10. The van der Waals surface area contributed by atoms with E-state index in [1.807, 2.05) is 12.1 Å². The molecule has 3 heteroatoms. The molecular weight excluding hydrogens is 647 g/mol. The van der Waals surface area contributed by atoms with Gasteiger partial charge in [-0.25, -0.2) is 0 Å². The molecule has 0 saturated carbocycles. The summed E-state index contributed by atoms with van der Waals surface area (Å²) in [4.78, 5) is 2.36. The van der Waals surface area contributed by atoms with Gasteiger partial charge in [0.15, 0.2) is 0 Å². The molecule has 2 aromatic heterocycles. The number of para-hydroxylation sites is 1. The Balaban J connectivity index is 1.16. The number of hydrogen-bond acceptors (Lipinski definition) is 3. The van der Waals surface area contributed by atoms with Crippen molar-refractivity contribution in [1.29, 1.82) is 0 Å². The van der Waals surface area contributed by atoms with Crippen LogP contribution >= 0.6 is 0 Å². The Kier molecular flexibility index (Phi) is 6.55. The summed E-state index contributed by atoms with van der Waals surface area (Å²) < 4.78 is 12.8. The fourth-order valence-corrected chi connectivity index (χ4v) is 8.21. The fraction of sp³-hybridized carbons (Fsp3) is 0. The average molecular weight is 678 g/mol. The van der Waals surface area contributed by atoms with E-state index in [-0.39, 0.29) is 0 Å². The summed E-state index contributed by atoms with van der Waals surface area (Å²) in [6, 6.07) is 66.8. The van der Waals surface area contributed by atoms with Gasteiger partial charge in [-0.05, 0) is 99.1 Å². The first kappa shape index (κ1) is 29.6. The molecular formula is C50H31NO2. The zero-order valence-corrected chi connectivity index (χ0v) is 28.7. The summed E-state index contributed by atoms with van der Waals surface area (Å²) in [6.45, 7) is 0. The monoisotopic (exact) mass is 677 g/mol. The van der Waals surface area contributed by atoms with Crippen molar-refractivity contribution in [2.24, 2.45) is 0 Å². The first-order chi connectivity index (χ1) is 26.3. The fourth-order valence-electron chi connectivity index (χ4n) is 8.21. The third-order valence-electron chi connectivity index (χ3n) is 10.6. The van der Waals surface area contributed by atoms with E-state index in [4.69, 9.17) is 8.83 Å². The van der Waals surface area contributed by atoms with Gasteiger partial charge >= 0.3 is 0 Å². The molecule has 0 N–H and O–H groups in total. The highest BCUT2D eigenvalue weighted by molar-refractivity contribution is 6.27. The van der Waals surface area contributed by atoms with Crippen molar-refractivity contribution in [2.75, 3.05) is 4.90 Å². The zero-order valence-electron chi connectivity index (χ0n) is 28.7. The van der Waals surface area contributed by atoms with Crippen LogP contribution in [-0.2, 0) is 0 Å². The van der Waals surface area contributed by atoms with Crippen LogP contribution < -0.4 is 4.90 Å². The van der Waals surface area contributed by atoms with Crippen LogP contribution in [-0.4, -0.2) is 0 Å². The summed E-state index contributed by atoms with van der Waals surface area (Å²) >= 11 is 0. The molecule has 0 amide bonds. The van der Waals surface area contributed by atoms with Gasteiger partial charge in [-0.3, -0.25) is 0 Å². The summed E-state index contributed by atoms with van der Waals surface area (Å²) in [6.07, 6.45) is 0. The van der Waals surface area contributed by atoms with Crippen molar-refractivity contribution in [3.05, 3.63) is 188 Å². The third-order valence-corrected chi connectivity index (χ3v) is 10.6. The van der Waals surface area contributed by atoms with Crippen LogP contribution in [0.5, 0.6) is 0 Å². The van der Waals surface area contributed by atoms with Gasteiger partial charge in [-0.2, -0.15) is 0 Å². The van der Waals surface area contributed by atoms with Crippen molar-refractivity contribution in [2.45, 2.75) is 0 Å². The van der Waals surface area contributed by atoms with Crippen molar-refractivity contribution in [3.8, 4) is 22.3 Å². The van der Waals surface area contributed by atoms with Gasteiger partial charge in [-0.15, -0.1) is 0 Å². The van der Waals surface area contributed by atoms with E-state index in [1.54, 1.807) is 0 Å². The molecule has 11 aromatic rings. The minimum absolute atomic E-state index is 0.867. The molecule has 0 bridgehead atoms. The first-order valence-electron chi connectivity index (χ1n) is 18.0. The predicted molar refractivity (Wildman–Crippen MR) is 222 cm³/mol. The number of rotatable bonds is 5. The maximum Gasteiger partial charge on any atom is 0.136 e. The molecule has 3 nitrogen and oxygen atoms in total. The second-order valence-corrected chi connectivity index (χ2v) is 13.7. The highest BCUT2D eigenvalue weighted by Gasteiger charge is 2.20. The third kappa shape index (κ3) is 4.75. The van der Waals surface area contributed by atoms with Gasteiger partial charge in [-0.1, -0.05) is 127 Å². The average Bonchev–Trinajstić information content (AvgIpc) is 3.79. The van der Waals surface area contributed by atoms with E-state index in [2.05, 4.69) is 181 Å². The lowest BCUT2D eigenvalue weighted by Gasteiger charge is -2.26. The molecule has 0 aliphatic heterocycles. The maximum absolute atomic E-state index is 6.55. The van der Waals surface area contributed by atoms with Crippen LogP contribution in [0.4, 0.5) is 17.1 Å². The van der Waals surface area contributed by atoms with Crippen LogP contribution in [0.2, 0.25) is 0 Å². The Bertz CT molecular complexity index is 3190. The van der Waals surface area contributed by atoms with Gasteiger partial charge < -0.3 is 13.7 Å². The largest absolute Gasteiger partial charge is 0.456 e. The molecule has 0 atom stereocenters. The normalized spacial score (nSPS) is 11.8. The van der Waals surface area contributed by atoms with E-state index in [1.165, 1.54) is 38.2 Å². The van der Waals surface area contributed by atoms with Gasteiger partial charge in [0.05, 0.1) is 0 Å². The van der Waals surface area contributed by atoms with E-state index < -0.39 is 0 Å². The summed E-state index contributed by atoms with van der Waals surface area (Å²) in [5.74, 6) is 0.